The van der Waals surface area contributed by atoms with Crippen molar-refractivity contribution in [2.24, 2.45) is 10.9 Å². The number of aromatic nitrogens is 1. The zero-order chi connectivity index (χ0) is 15.3. The van der Waals surface area contributed by atoms with Crippen LogP contribution in [0.1, 0.15) is 29.7 Å². The van der Waals surface area contributed by atoms with Crippen molar-refractivity contribution in [2.75, 3.05) is 6.61 Å². The molecule has 1 heterocycles. The molecule has 0 aromatic carbocycles. The molecule has 0 unspecified atom stereocenters. The van der Waals surface area contributed by atoms with Crippen LogP contribution in [-0.2, 0) is 0 Å². The summed E-state index contributed by atoms with van der Waals surface area (Å²) in [6.45, 7) is 3.28. The van der Waals surface area contributed by atoms with Crippen LogP contribution in [0.15, 0.2) is 11.2 Å². The highest BCUT2D eigenvalue weighted by atomic mass is 19.4. The fraction of sp³-hybridized carbons (Fsp3) is 0.500. The number of alkyl halides is 3. The number of pyridine rings is 1. The summed E-state index contributed by atoms with van der Waals surface area (Å²) >= 11 is 0. The second kappa shape index (κ2) is 6.44. The van der Waals surface area contributed by atoms with E-state index < -0.39 is 12.6 Å². The van der Waals surface area contributed by atoms with Crippen molar-refractivity contribution in [1.82, 2.24) is 4.98 Å². The molecule has 3 N–H and O–H groups in total. The van der Waals surface area contributed by atoms with Gasteiger partial charge in [0.25, 0.3) is 0 Å². The van der Waals surface area contributed by atoms with E-state index in [0.717, 1.165) is 0 Å². The second-order valence-corrected chi connectivity index (χ2v) is 4.31. The molecule has 112 valence electrons. The predicted molar refractivity (Wildman–Crippen MR) is 67.0 cm³/mol. The summed E-state index contributed by atoms with van der Waals surface area (Å²) in [5, 5.41) is 11.6. The van der Waals surface area contributed by atoms with Gasteiger partial charge >= 0.3 is 6.18 Å². The van der Waals surface area contributed by atoms with E-state index in [1.54, 1.807) is 19.9 Å². The van der Waals surface area contributed by atoms with E-state index in [2.05, 4.69) is 10.1 Å². The molecule has 20 heavy (non-hydrogen) atoms. The first-order chi connectivity index (χ1) is 9.24. The molecule has 0 fully saturated rings. The first kappa shape index (κ1) is 16.1. The van der Waals surface area contributed by atoms with Crippen LogP contribution in [0.4, 0.5) is 13.2 Å². The average Bonchev–Trinajstić information content (AvgIpc) is 2.32. The molecule has 0 saturated heterocycles. The second-order valence-electron chi connectivity index (χ2n) is 4.31. The molecule has 0 amide bonds. The smallest absolute Gasteiger partial charge is 0.389 e. The monoisotopic (exact) mass is 291 g/mol. The van der Waals surface area contributed by atoms with E-state index in [4.69, 9.17) is 15.7 Å². The molecular weight excluding hydrogens is 275 g/mol. The lowest BCUT2D eigenvalue weighted by molar-refractivity contribution is -0.136. The van der Waals surface area contributed by atoms with Gasteiger partial charge in [-0.25, -0.2) is 4.98 Å². The third-order valence-electron chi connectivity index (χ3n) is 2.52. The van der Waals surface area contributed by atoms with Gasteiger partial charge in [0.2, 0.25) is 5.88 Å². The van der Waals surface area contributed by atoms with Crippen molar-refractivity contribution in [3.05, 3.63) is 22.9 Å². The maximum atomic E-state index is 12.0. The Labute approximate surface area is 114 Å². The summed E-state index contributed by atoms with van der Waals surface area (Å²) in [5.74, 6) is -0.124. The van der Waals surface area contributed by atoms with Crippen molar-refractivity contribution >= 4 is 5.84 Å². The Kier molecular flexibility index (Phi) is 5.18. The van der Waals surface area contributed by atoms with E-state index in [1.165, 1.54) is 0 Å². The van der Waals surface area contributed by atoms with E-state index in [-0.39, 0.29) is 30.3 Å². The van der Waals surface area contributed by atoms with Gasteiger partial charge in [0, 0.05) is 12.1 Å². The van der Waals surface area contributed by atoms with Gasteiger partial charge in [0.1, 0.15) is 0 Å². The number of hydrogen-bond acceptors (Lipinski definition) is 4. The molecule has 0 bridgehead atoms. The van der Waals surface area contributed by atoms with Crippen molar-refractivity contribution < 1.29 is 23.1 Å². The molecule has 1 rings (SSSR count). The van der Waals surface area contributed by atoms with Gasteiger partial charge in [-0.3, -0.25) is 0 Å². The van der Waals surface area contributed by atoms with Crippen LogP contribution in [0.2, 0.25) is 0 Å². The average molecular weight is 291 g/mol. The van der Waals surface area contributed by atoms with Crippen LogP contribution in [0.25, 0.3) is 0 Å². The minimum Gasteiger partial charge on any atom is -0.477 e. The number of amidine groups is 1. The highest BCUT2D eigenvalue weighted by molar-refractivity contribution is 6.00. The summed E-state index contributed by atoms with van der Waals surface area (Å²) in [5.41, 5.74) is 7.09. The first-order valence-electron chi connectivity index (χ1n) is 5.90. The van der Waals surface area contributed by atoms with E-state index in [9.17, 15) is 13.2 Å². The molecule has 0 saturated carbocycles. The molecule has 1 aromatic heterocycles. The zero-order valence-corrected chi connectivity index (χ0v) is 11.2. The minimum absolute atomic E-state index is 0.0694. The summed E-state index contributed by atoms with van der Waals surface area (Å²) in [7, 11) is 0. The van der Waals surface area contributed by atoms with Gasteiger partial charge in [-0.2, -0.15) is 13.2 Å². The fourth-order valence-electron chi connectivity index (χ4n) is 1.71. The number of nitrogens with two attached hydrogens (primary N) is 1. The van der Waals surface area contributed by atoms with Gasteiger partial charge in [0.15, 0.2) is 5.84 Å². The van der Waals surface area contributed by atoms with Crippen LogP contribution < -0.4 is 10.5 Å². The van der Waals surface area contributed by atoms with Crippen LogP contribution in [-0.4, -0.2) is 28.8 Å². The molecule has 5 nitrogen and oxygen atoms in total. The number of nitrogens with zero attached hydrogens (tertiary/aromatic N) is 2. The minimum atomic E-state index is -4.21. The Morgan fingerprint density at radius 2 is 2.10 bits per heavy atom. The lowest BCUT2D eigenvalue weighted by Gasteiger charge is -2.13. The molecule has 0 spiro atoms. The summed E-state index contributed by atoms with van der Waals surface area (Å²) in [6, 6.07) is 1.70. The number of ether oxygens (including phenoxy) is 1. The molecular formula is C12H16F3N3O2. The van der Waals surface area contributed by atoms with Gasteiger partial charge in [-0.05, 0) is 31.9 Å². The zero-order valence-electron chi connectivity index (χ0n) is 11.2. The Morgan fingerprint density at radius 1 is 1.45 bits per heavy atom. The molecule has 1 aromatic rings. The number of aryl methyl sites for hydroxylation is 2. The third-order valence-corrected chi connectivity index (χ3v) is 2.52. The first-order valence-corrected chi connectivity index (χ1v) is 5.90. The maximum absolute atomic E-state index is 12.0. The van der Waals surface area contributed by atoms with Gasteiger partial charge in [-0.15, -0.1) is 0 Å². The van der Waals surface area contributed by atoms with E-state index >= 15 is 0 Å². The molecule has 0 radical (unpaired) electrons. The molecule has 0 aliphatic heterocycles. The third kappa shape index (κ3) is 4.60. The fourth-order valence-corrected chi connectivity index (χ4v) is 1.71. The number of oxime groups is 1. The number of hydrogen-bond donors (Lipinski definition) is 2. The SMILES string of the molecule is Cc1cc(C)c(/C(N)=N/O)c(OCCCC(F)(F)F)n1. The van der Waals surface area contributed by atoms with Crippen LogP contribution in [0, 0.1) is 13.8 Å². The highest BCUT2D eigenvalue weighted by Crippen LogP contribution is 2.23. The highest BCUT2D eigenvalue weighted by Gasteiger charge is 2.26. The Hall–Kier alpha value is -1.99. The van der Waals surface area contributed by atoms with Crippen molar-refractivity contribution in [2.45, 2.75) is 32.9 Å². The van der Waals surface area contributed by atoms with Crippen molar-refractivity contribution in [3.8, 4) is 5.88 Å². The van der Waals surface area contributed by atoms with Crippen molar-refractivity contribution in [3.63, 3.8) is 0 Å². The lowest BCUT2D eigenvalue weighted by Crippen LogP contribution is -2.18. The quantitative estimate of drug-likeness (QED) is 0.287. The van der Waals surface area contributed by atoms with Crippen LogP contribution >= 0.6 is 0 Å². The summed E-state index contributed by atoms with van der Waals surface area (Å²) < 4.78 is 41.3. The lowest BCUT2D eigenvalue weighted by atomic mass is 10.1. The van der Waals surface area contributed by atoms with Crippen molar-refractivity contribution in [1.29, 1.82) is 0 Å². The van der Waals surface area contributed by atoms with E-state index in [1.807, 2.05) is 0 Å². The number of halogens is 3. The molecule has 0 aliphatic carbocycles. The number of rotatable bonds is 5. The van der Waals surface area contributed by atoms with Gasteiger partial charge in [-0.1, -0.05) is 5.16 Å². The molecule has 0 aliphatic rings. The maximum Gasteiger partial charge on any atom is 0.389 e. The Balaban J connectivity index is 2.83. The van der Waals surface area contributed by atoms with Gasteiger partial charge in [0.05, 0.1) is 12.2 Å². The van der Waals surface area contributed by atoms with Crippen LogP contribution in [0.3, 0.4) is 0 Å². The predicted octanol–water partition coefficient (Wildman–Crippen LogP) is 2.51. The van der Waals surface area contributed by atoms with E-state index in [0.29, 0.717) is 11.3 Å². The normalized spacial score (nSPS) is 12.6. The Bertz CT molecular complexity index is 501. The molecule has 0 atom stereocenters. The summed E-state index contributed by atoms with van der Waals surface area (Å²) in [4.78, 5) is 4.06. The van der Waals surface area contributed by atoms with Gasteiger partial charge < -0.3 is 15.7 Å². The summed E-state index contributed by atoms with van der Waals surface area (Å²) in [6.07, 6.45) is -5.34. The molecule has 8 heteroatoms. The largest absolute Gasteiger partial charge is 0.477 e. The topological polar surface area (TPSA) is 80.7 Å². The standard InChI is InChI=1S/C12H16F3N3O2/c1-7-6-8(2)17-11(9(7)10(16)18-19)20-5-3-4-12(13,14)15/h6,19H,3-5H2,1-2H3,(H2,16,18). The Morgan fingerprint density at radius 3 is 2.65 bits per heavy atom. The van der Waals surface area contributed by atoms with Crippen LogP contribution in [0.5, 0.6) is 5.88 Å².